The summed E-state index contributed by atoms with van der Waals surface area (Å²) in [7, 11) is 0. The van der Waals surface area contributed by atoms with Crippen LogP contribution in [0.1, 0.15) is 19.4 Å². The molecule has 2 aliphatic rings. The predicted molar refractivity (Wildman–Crippen MR) is 91.2 cm³/mol. The largest absolute Gasteiger partial charge is 0.461 e. The molecule has 0 saturated carbocycles. The maximum atomic E-state index is 12.2. The molecule has 118 valence electrons. The number of aliphatic imine (C=N–C) groups is 1. The Bertz CT molecular complexity index is 791. The van der Waals surface area contributed by atoms with Crippen LogP contribution in [0, 0.1) is 5.41 Å². The van der Waals surface area contributed by atoms with E-state index in [1.807, 2.05) is 16.8 Å². The highest BCUT2D eigenvalue weighted by Crippen LogP contribution is 2.38. The van der Waals surface area contributed by atoms with Crippen molar-refractivity contribution in [3.05, 3.63) is 38.6 Å². The van der Waals surface area contributed by atoms with E-state index in [2.05, 4.69) is 4.99 Å². The zero-order chi connectivity index (χ0) is 16.6. The average Bonchev–Trinajstić information content (AvgIpc) is 3.10. The number of carbonyl (C=O) groups excluding carboxylic acids is 2. The Hall–Kier alpha value is -2.19. The lowest BCUT2D eigenvalue weighted by atomic mass is 10.1. The summed E-state index contributed by atoms with van der Waals surface area (Å²) < 4.78 is 5.06. The summed E-state index contributed by atoms with van der Waals surface area (Å²) >= 11 is 2.70. The van der Waals surface area contributed by atoms with Gasteiger partial charge in [-0.3, -0.25) is 15.1 Å². The lowest BCUT2D eigenvalue weighted by Gasteiger charge is -2.25. The SMILES string of the molecule is CCOC(=O)C1=C(C)SC2=NC(=O)C(=Cc3ccsc3)C(=N)N21. The Morgan fingerprint density at radius 3 is 2.96 bits per heavy atom. The molecule has 0 bridgehead atoms. The molecule has 1 aromatic heterocycles. The van der Waals surface area contributed by atoms with Crippen LogP contribution in [0.2, 0.25) is 0 Å². The molecule has 23 heavy (non-hydrogen) atoms. The van der Waals surface area contributed by atoms with E-state index in [0.717, 1.165) is 5.56 Å². The van der Waals surface area contributed by atoms with Gasteiger partial charge in [-0.1, -0.05) is 11.8 Å². The first kappa shape index (κ1) is 15.7. The van der Waals surface area contributed by atoms with Gasteiger partial charge in [-0.2, -0.15) is 16.3 Å². The second kappa shape index (κ2) is 6.13. The van der Waals surface area contributed by atoms with Gasteiger partial charge in [0.15, 0.2) is 5.17 Å². The fourth-order valence-electron chi connectivity index (χ4n) is 2.22. The van der Waals surface area contributed by atoms with E-state index in [9.17, 15) is 9.59 Å². The third-order valence-corrected chi connectivity index (χ3v) is 4.88. The van der Waals surface area contributed by atoms with Crippen LogP contribution >= 0.6 is 23.1 Å². The van der Waals surface area contributed by atoms with Crippen LogP contribution < -0.4 is 0 Å². The summed E-state index contributed by atoms with van der Waals surface area (Å²) in [6.07, 6.45) is 1.61. The summed E-state index contributed by atoms with van der Waals surface area (Å²) in [5, 5.41) is 12.4. The molecule has 6 nitrogen and oxygen atoms in total. The summed E-state index contributed by atoms with van der Waals surface area (Å²) in [4.78, 5) is 30.4. The molecule has 2 aliphatic heterocycles. The Morgan fingerprint density at radius 1 is 1.52 bits per heavy atom. The van der Waals surface area contributed by atoms with Gasteiger partial charge in [-0.05, 0) is 42.3 Å². The van der Waals surface area contributed by atoms with Gasteiger partial charge in [0.25, 0.3) is 5.91 Å². The van der Waals surface area contributed by atoms with Crippen LogP contribution in [0.3, 0.4) is 0 Å². The number of esters is 1. The number of allylic oxidation sites excluding steroid dienone is 1. The highest BCUT2D eigenvalue weighted by molar-refractivity contribution is 8.17. The van der Waals surface area contributed by atoms with Crippen molar-refractivity contribution >= 4 is 52.1 Å². The number of ether oxygens (including phenoxy) is 1. The van der Waals surface area contributed by atoms with Crippen LogP contribution in [-0.2, 0) is 14.3 Å². The minimum Gasteiger partial charge on any atom is -0.461 e. The van der Waals surface area contributed by atoms with Gasteiger partial charge < -0.3 is 4.74 Å². The molecule has 0 aromatic carbocycles. The normalized spacial score (nSPS) is 19.3. The number of nitrogens with one attached hydrogen (secondary N) is 1. The lowest BCUT2D eigenvalue weighted by Crippen LogP contribution is -2.40. The van der Waals surface area contributed by atoms with E-state index in [-0.39, 0.29) is 23.7 Å². The maximum Gasteiger partial charge on any atom is 0.356 e. The number of hydrogen-bond donors (Lipinski definition) is 1. The van der Waals surface area contributed by atoms with Gasteiger partial charge >= 0.3 is 5.97 Å². The topological polar surface area (TPSA) is 82.8 Å². The number of fused-ring (bicyclic) bond motifs is 1. The maximum absolute atomic E-state index is 12.2. The molecule has 0 radical (unpaired) electrons. The van der Waals surface area contributed by atoms with Crippen molar-refractivity contribution in [2.75, 3.05) is 6.61 Å². The van der Waals surface area contributed by atoms with Gasteiger partial charge in [-0.15, -0.1) is 0 Å². The molecular weight excluding hydrogens is 334 g/mol. The quantitative estimate of drug-likeness (QED) is 0.671. The van der Waals surface area contributed by atoms with Crippen molar-refractivity contribution in [2.24, 2.45) is 4.99 Å². The van der Waals surface area contributed by atoms with Crippen molar-refractivity contribution < 1.29 is 14.3 Å². The van der Waals surface area contributed by atoms with Gasteiger partial charge in [0.05, 0.1) is 12.2 Å². The summed E-state index contributed by atoms with van der Waals surface area (Å²) in [5.41, 5.74) is 1.24. The average molecular weight is 347 g/mol. The number of rotatable bonds is 3. The molecule has 3 heterocycles. The first-order chi connectivity index (χ1) is 11.0. The van der Waals surface area contributed by atoms with Gasteiger partial charge in [0, 0.05) is 4.91 Å². The zero-order valence-electron chi connectivity index (χ0n) is 12.5. The van der Waals surface area contributed by atoms with E-state index in [0.29, 0.717) is 10.1 Å². The van der Waals surface area contributed by atoms with Gasteiger partial charge in [0.1, 0.15) is 11.5 Å². The molecule has 0 aliphatic carbocycles. The molecule has 1 aromatic rings. The lowest BCUT2D eigenvalue weighted by molar-refractivity contribution is -0.139. The van der Waals surface area contributed by atoms with Crippen molar-refractivity contribution in [3.8, 4) is 0 Å². The third-order valence-electron chi connectivity index (χ3n) is 3.22. The van der Waals surface area contributed by atoms with E-state index in [4.69, 9.17) is 10.1 Å². The van der Waals surface area contributed by atoms with Crippen molar-refractivity contribution in [3.63, 3.8) is 0 Å². The van der Waals surface area contributed by atoms with Crippen LogP contribution in [0.25, 0.3) is 6.08 Å². The number of nitrogens with zero attached hydrogens (tertiary/aromatic N) is 2. The standard InChI is InChI=1S/C15H13N3O3S2/c1-3-21-14(20)11-8(2)23-15-17-13(19)10(12(16)18(11)15)6-9-4-5-22-7-9/h4-7,16H,3H2,1-2H3. The van der Waals surface area contributed by atoms with Crippen LogP contribution in [0.4, 0.5) is 0 Å². The fraction of sp³-hybridized carbons (Fsp3) is 0.200. The summed E-state index contributed by atoms with van der Waals surface area (Å²) in [6.45, 7) is 3.71. The van der Waals surface area contributed by atoms with Crippen LogP contribution in [0.15, 0.2) is 38.0 Å². The number of amides is 1. The number of thioether (sulfide) groups is 1. The minimum absolute atomic E-state index is 0.0568. The van der Waals surface area contributed by atoms with E-state index >= 15 is 0 Å². The Kier molecular flexibility index (Phi) is 4.18. The molecule has 3 rings (SSSR count). The smallest absolute Gasteiger partial charge is 0.356 e. The van der Waals surface area contributed by atoms with Crippen LogP contribution in [0.5, 0.6) is 0 Å². The Balaban J connectivity index is 2.02. The van der Waals surface area contributed by atoms with Gasteiger partial charge in [0.2, 0.25) is 0 Å². The van der Waals surface area contributed by atoms with Crippen LogP contribution in [-0.4, -0.2) is 34.4 Å². The number of thiophene rings is 1. The fourth-order valence-corrected chi connectivity index (χ4v) is 3.79. The highest BCUT2D eigenvalue weighted by Gasteiger charge is 2.41. The van der Waals surface area contributed by atoms with Crippen molar-refractivity contribution in [1.82, 2.24) is 4.90 Å². The number of hydrogen-bond acceptors (Lipinski definition) is 6. The first-order valence-corrected chi connectivity index (χ1v) is 8.60. The number of carbonyl (C=O) groups is 2. The van der Waals surface area contributed by atoms with E-state index in [1.165, 1.54) is 28.0 Å². The molecule has 0 spiro atoms. The van der Waals surface area contributed by atoms with Gasteiger partial charge in [-0.25, -0.2) is 4.79 Å². The highest BCUT2D eigenvalue weighted by atomic mass is 32.2. The second-order valence-corrected chi connectivity index (χ2v) is 6.69. The second-order valence-electron chi connectivity index (χ2n) is 4.73. The van der Waals surface area contributed by atoms with E-state index in [1.54, 1.807) is 19.9 Å². The molecule has 0 atom stereocenters. The summed E-state index contributed by atoms with van der Waals surface area (Å²) in [6, 6.07) is 1.85. The Labute approximate surface area is 141 Å². The van der Waals surface area contributed by atoms with E-state index < -0.39 is 11.9 Å². The predicted octanol–water partition coefficient (Wildman–Crippen LogP) is 2.85. The first-order valence-electron chi connectivity index (χ1n) is 6.84. The molecule has 1 amide bonds. The molecule has 1 N–H and O–H groups in total. The monoisotopic (exact) mass is 347 g/mol. The Morgan fingerprint density at radius 2 is 2.30 bits per heavy atom. The third kappa shape index (κ3) is 2.75. The van der Waals surface area contributed by atoms with Crippen molar-refractivity contribution in [1.29, 1.82) is 5.41 Å². The molecule has 0 saturated heterocycles. The number of amidine groups is 2. The molecular formula is C15H13N3O3S2. The molecule has 0 unspecified atom stereocenters. The minimum atomic E-state index is -0.517. The van der Waals surface area contributed by atoms with Crippen molar-refractivity contribution in [2.45, 2.75) is 13.8 Å². The summed E-state index contributed by atoms with van der Waals surface area (Å²) in [5.74, 6) is -1.05. The molecule has 8 heteroatoms. The zero-order valence-corrected chi connectivity index (χ0v) is 14.1. The molecule has 0 fully saturated rings.